The van der Waals surface area contributed by atoms with Crippen LogP contribution in [0.4, 0.5) is 0 Å². The third-order valence-electron chi connectivity index (χ3n) is 3.00. The number of hydrogen-bond acceptors (Lipinski definition) is 4. The van der Waals surface area contributed by atoms with Crippen LogP contribution in [0.1, 0.15) is 23.3 Å². The van der Waals surface area contributed by atoms with Gasteiger partial charge in [-0.2, -0.15) is 0 Å². The molecule has 1 aliphatic rings. The average Bonchev–Trinajstić information content (AvgIpc) is 3.03. The number of thiophene rings is 1. The van der Waals surface area contributed by atoms with Crippen LogP contribution >= 0.6 is 11.3 Å². The molecule has 0 saturated heterocycles. The van der Waals surface area contributed by atoms with Gasteiger partial charge >= 0.3 is 5.97 Å². The molecule has 0 bridgehead atoms. The molecule has 1 fully saturated rings. The summed E-state index contributed by atoms with van der Waals surface area (Å²) < 4.78 is 4.82. The lowest BCUT2D eigenvalue weighted by Crippen LogP contribution is -2.38. The van der Waals surface area contributed by atoms with Gasteiger partial charge in [0.2, 0.25) is 0 Å². The highest BCUT2D eigenvalue weighted by Crippen LogP contribution is 2.33. The number of ether oxygens (including phenoxy) is 1. The van der Waals surface area contributed by atoms with E-state index in [1.807, 2.05) is 0 Å². The molecule has 0 spiro atoms. The Morgan fingerprint density at radius 3 is 2.94 bits per heavy atom. The van der Waals surface area contributed by atoms with Crippen molar-refractivity contribution < 1.29 is 9.53 Å². The standard InChI is InChI=1S/C12H17NO2S/c1-8-5-6-16-10(8)7-13-11(9-3-4-9)12(14)15-2/h5-6,9,11,13H,3-4,7H2,1-2H3. The van der Waals surface area contributed by atoms with Gasteiger partial charge in [0.25, 0.3) is 0 Å². The number of methoxy groups -OCH3 is 1. The molecule has 0 amide bonds. The molecule has 1 atom stereocenters. The number of nitrogens with one attached hydrogen (secondary N) is 1. The minimum atomic E-state index is -0.128. The zero-order chi connectivity index (χ0) is 11.5. The van der Waals surface area contributed by atoms with Crippen LogP contribution in [0.5, 0.6) is 0 Å². The Bertz CT molecular complexity index is 371. The van der Waals surface area contributed by atoms with Gasteiger partial charge in [-0.15, -0.1) is 11.3 Å². The van der Waals surface area contributed by atoms with Crippen LogP contribution in [-0.4, -0.2) is 19.1 Å². The van der Waals surface area contributed by atoms with Gasteiger partial charge in [0, 0.05) is 11.4 Å². The fourth-order valence-electron chi connectivity index (χ4n) is 1.79. The largest absolute Gasteiger partial charge is 0.468 e. The average molecular weight is 239 g/mol. The molecule has 88 valence electrons. The first-order valence-electron chi connectivity index (χ1n) is 5.56. The Morgan fingerprint density at radius 2 is 2.44 bits per heavy atom. The van der Waals surface area contributed by atoms with Crippen molar-refractivity contribution in [3.63, 3.8) is 0 Å². The zero-order valence-electron chi connectivity index (χ0n) is 9.66. The van der Waals surface area contributed by atoms with Crippen molar-refractivity contribution in [2.45, 2.75) is 32.4 Å². The van der Waals surface area contributed by atoms with Gasteiger partial charge in [0.05, 0.1) is 7.11 Å². The van der Waals surface area contributed by atoms with Crippen molar-refractivity contribution in [3.05, 3.63) is 21.9 Å². The van der Waals surface area contributed by atoms with Gasteiger partial charge in [0.15, 0.2) is 0 Å². The Kier molecular flexibility index (Phi) is 3.61. The smallest absolute Gasteiger partial charge is 0.323 e. The maximum absolute atomic E-state index is 11.6. The zero-order valence-corrected chi connectivity index (χ0v) is 10.5. The fourth-order valence-corrected chi connectivity index (χ4v) is 2.64. The van der Waals surface area contributed by atoms with Crippen LogP contribution in [-0.2, 0) is 16.1 Å². The maximum atomic E-state index is 11.6. The summed E-state index contributed by atoms with van der Waals surface area (Å²) in [7, 11) is 1.45. The number of esters is 1. The maximum Gasteiger partial charge on any atom is 0.323 e. The van der Waals surface area contributed by atoms with Gasteiger partial charge in [-0.3, -0.25) is 10.1 Å². The molecular formula is C12H17NO2S. The SMILES string of the molecule is COC(=O)C(NCc1sccc1C)C1CC1. The summed E-state index contributed by atoms with van der Waals surface area (Å²) in [5.41, 5.74) is 1.29. The van der Waals surface area contributed by atoms with E-state index in [1.165, 1.54) is 17.6 Å². The van der Waals surface area contributed by atoms with Gasteiger partial charge in [-0.05, 0) is 42.7 Å². The molecule has 1 aromatic heterocycles. The van der Waals surface area contributed by atoms with Gasteiger partial charge in [0.1, 0.15) is 6.04 Å². The third kappa shape index (κ3) is 2.62. The van der Waals surface area contributed by atoms with Crippen LogP contribution in [0, 0.1) is 12.8 Å². The van der Waals surface area contributed by atoms with E-state index in [1.54, 1.807) is 11.3 Å². The summed E-state index contributed by atoms with van der Waals surface area (Å²) in [6, 6.07) is 1.98. The molecule has 1 heterocycles. The first kappa shape index (κ1) is 11.6. The number of carbonyl (C=O) groups excluding carboxylic acids is 1. The normalized spacial score (nSPS) is 17.1. The molecule has 16 heavy (non-hydrogen) atoms. The Labute approximate surface area is 99.8 Å². The molecule has 2 rings (SSSR count). The highest BCUT2D eigenvalue weighted by Gasteiger charge is 2.36. The molecule has 1 aliphatic carbocycles. The topological polar surface area (TPSA) is 38.3 Å². The predicted octanol–water partition coefficient (Wildman–Crippen LogP) is 2.10. The summed E-state index contributed by atoms with van der Waals surface area (Å²) >= 11 is 1.73. The van der Waals surface area contributed by atoms with E-state index < -0.39 is 0 Å². The van der Waals surface area contributed by atoms with E-state index >= 15 is 0 Å². The van der Waals surface area contributed by atoms with E-state index in [9.17, 15) is 4.79 Å². The molecule has 1 aromatic rings. The summed E-state index contributed by atoms with van der Waals surface area (Å²) in [6.45, 7) is 2.86. The Balaban J connectivity index is 1.91. The van der Waals surface area contributed by atoms with Gasteiger partial charge in [-0.25, -0.2) is 0 Å². The summed E-state index contributed by atoms with van der Waals surface area (Å²) in [5.74, 6) is 0.351. The lowest BCUT2D eigenvalue weighted by atomic mass is 10.2. The first-order valence-corrected chi connectivity index (χ1v) is 6.44. The second-order valence-corrected chi connectivity index (χ2v) is 5.25. The van der Waals surface area contributed by atoms with Gasteiger partial charge < -0.3 is 4.74 Å². The van der Waals surface area contributed by atoms with Crippen molar-refractivity contribution >= 4 is 17.3 Å². The molecular weight excluding hydrogens is 222 g/mol. The molecule has 0 aromatic carbocycles. The molecule has 3 nitrogen and oxygen atoms in total. The minimum Gasteiger partial charge on any atom is -0.468 e. The van der Waals surface area contributed by atoms with Crippen molar-refractivity contribution in [3.8, 4) is 0 Å². The Morgan fingerprint density at radius 1 is 1.69 bits per heavy atom. The van der Waals surface area contributed by atoms with Crippen LogP contribution < -0.4 is 5.32 Å². The second-order valence-electron chi connectivity index (χ2n) is 4.25. The minimum absolute atomic E-state index is 0.119. The molecule has 1 saturated carbocycles. The van der Waals surface area contributed by atoms with Crippen molar-refractivity contribution in [2.24, 2.45) is 5.92 Å². The number of carbonyl (C=O) groups is 1. The van der Waals surface area contributed by atoms with E-state index in [0.717, 1.165) is 19.4 Å². The van der Waals surface area contributed by atoms with Crippen LogP contribution in [0.15, 0.2) is 11.4 Å². The van der Waals surface area contributed by atoms with Crippen molar-refractivity contribution in [1.82, 2.24) is 5.32 Å². The monoisotopic (exact) mass is 239 g/mol. The fraction of sp³-hybridized carbons (Fsp3) is 0.583. The summed E-state index contributed by atoms with van der Waals surface area (Å²) in [4.78, 5) is 12.9. The van der Waals surface area contributed by atoms with Crippen LogP contribution in [0.25, 0.3) is 0 Å². The summed E-state index contributed by atoms with van der Waals surface area (Å²) in [6.07, 6.45) is 2.27. The highest BCUT2D eigenvalue weighted by atomic mass is 32.1. The van der Waals surface area contributed by atoms with Crippen molar-refractivity contribution in [1.29, 1.82) is 0 Å². The lowest BCUT2D eigenvalue weighted by molar-refractivity contribution is -0.143. The quantitative estimate of drug-likeness (QED) is 0.800. The lowest BCUT2D eigenvalue weighted by Gasteiger charge is -2.15. The molecule has 1 unspecified atom stereocenters. The summed E-state index contributed by atoms with van der Waals surface area (Å²) in [5, 5.41) is 5.39. The third-order valence-corrected chi connectivity index (χ3v) is 4.02. The first-order chi connectivity index (χ1) is 7.72. The van der Waals surface area contributed by atoms with E-state index in [-0.39, 0.29) is 12.0 Å². The van der Waals surface area contributed by atoms with Crippen molar-refractivity contribution in [2.75, 3.05) is 7.11 Å². The Hall–Kier alpha value is -0.870. The van der Waals surface area contributed by atoms with Crippen LogP contribution in [0.3, 0.4) is 0 Å². The molecule has 0 aliphatic heterocycles. The number of rotatable bonds is 5. The molecule has 0 radical (unpaired) electrons. The van der Waals surface area contributed by atoms with E-state index in [2.05, 4.69) is 23.7 Å². The molecule has 1 N–H and O–H groups in total. The number of hydrogen-bond donors (Lipinski definition) is 1. The highest BCUT2D eigenvalue weighted by molar-refractivity contribution is 7.10. The van der Waals surface area contributed by atoms with E-state index in [4.69, 9.17) is 4.74 Å². The second kappa shape index (κ2) is 4.97. The number of aryl methyl sites for hydroxylation is 1. The van der Waals surface area contributed by atoms with Gasteiger partial charge in [-0.1, -0.05) is 0 Å². The molecule has 4 heteroatoms. The van der Waals surface area contributed by atoms with E-state index in [0.29, 0.717) is 5.92 Å². The predicted molar refractivity (Wildman–Crippen MR) is 64.4 cm³/mol. The van der Waals surface area contributed by atoms with Crippen LogP contribution in [0.2, 0.25) is 0 Å².